The van der Waals surface area contributed by atoms with Gasteiger partial charge in [-0.15, -0.1) is 13.2 Å². The van der Waals surface area contributed by atoms with Gasteiger partial charge in [0.2, 0.25) is 0 Å². The van der Waals surface area contributed by atoms with Gasteiger partial charge >= 0.3 is 6.36 Å². The van der Waals surface area contributed by atoms with Crippen molar-refractivity contribution < 1.29 is 27.8 Å². The van der Waals surface area contributed by atoms with Crippen LogP contribution >= 0.6 is 0 Å². The summed E-state index contributed by atoms with van der Waals surface area (Å²) in [5.41, 5.74) is 0.912. The van der Waals surface area contributed by atoms with Gasteiger partial charge in [-0.1, -0.05) is 12.1 Å². The molecule has 0 radical (unpaired) electrons. The second-order valence-corrected chi connectivity index (χ2v) is 4.07. The van der Waals surface area contributed by atoms with E-state index in [0.29, 0.717) is 24.2 Å². The second-order valence-electron chi connectivity index (χ2n) is 4.07. The number of hydrogen-bond acceptors (Lipinski definition) is 4. The van der Waals surface area contributed by atoms with Crippen LogP contribution < -0.4 is 10.1 Å². The minimum Gasteiger partial charge on any atom is -0.404 e. The Kier molecular flexibility index (Phi) is 4.16. The van der Waals surface area contributed by atoms with Gasteiger partial charge in [0.1, 0.15) is 0 Å². The lowest BCUT2D eigenvalue weighted by atomic mass is 10.00. The highest BCUT2D eigenvalue weighted by atomic mass is 19.4. The van der Waals surface area contributed by atoms with E-state index in [1.807, 2.05) is 0 Å². The number of hydrogen-bond donors (Lipinski definition) is 2. The van der Waals surface area contributed by atoms with Gasteiger partial charge in [-0.05, 0) is 12.5 Å². The monoisotopic (exact) mass is 277 g/mol. The predicted molar refractivity (Wildman–Crippen MR) is 62.0 cm³/mol. The lowest BCUT2D eigenvalue weighted by Crippen LogP contribution is -2.23. The summed E-state index contributed by atoms with van der Waals surface area (Å²) in [6.45, 7) is 0.508. The number of para-hydroxylation sites is 1. The van der Waals surface area contributed by atoms with Crippen molar-refractivity contribution in [3.63, 3.8) is 0 Å². The van der Waals surface area contributed by atoms with Crippen molar-refractivity contribution in [3.8, 4) is 5.75 Å². The van der Waals surface area contributed by atoms with Gasteiger partial charge in [0.05, 0.1) is 25.0 Å². The average molecular weight is 277 g/mol. The van der Waals surface area contributed by atoms with Crippen LogP contribution in [0.3, 0.4) is 0 Å². The fraction of sp³-hybridized carbons (Fsp3) is 0.500. The molecule has 1 atom stereocenters. The van der Waals surface area contributed by atoms with Crippen molar-refractivity contribution in [2.75, 3.05) is 25.1 Å². The predicted octanol–water partition coefficient (Wildman–Crippen LogP) is 2.45. The van der Waals surface area contributed by atoms with Gasteiger partial charge in [0, 0.05) is 12.1 Å². The zero-order chi connectivity index (χ0) is 13.9. The molecule has 2 rings (SSSR count). The molecule has 1 aromatic carbocycles. The summed E-state index contributed by atoms with van der Waals surface area (Å²) in [4.78, 5) is 0. The largest absolute Gasteiger partial charge is 0.573 e. The molecular weight excluding hydrogens is 263 g/mol. The molecule has 106 valence electrons. The summed E-state index contributed by atoms with van der Waals surface area (Å²) >= 11 is 0. The highest BCUT2D eigenvalue weighted by Crippen LogP contribution is 2.40. The van der Waals surface area contributed by atoms with Crippen LogP contribution in [0, 0.1) is 0 Å². The molecular formula is C12H14F3NO3. The summed E-state index contributed by atoms with van der Waals surface area (Å²) in [7, 11) is 0. The summed E-state index contributed by atoms with van der Waals surface area (Å²) < 4.78 is 46.3. The Morgan fingerprint density at radius 1 is 1.37 bits per heavy atom. The molecule has 0 bridgehead atoms. The maximum atomic E-state index is 12.3. The third-order valence-electron chi connectivity index (χ3n) is 2.75. The first-order valence-electron chi connectivity index (χ1n) is 5.86. The van der Waals surface area contributed by atoms with Gasteiger partial charge in [-0.3, -0.25) is 0 Å². The van der Waals surface area contributed by atoms with Crippen molar-refractivity contribution in [1.82, 2.24) is 0 Å². The minimum absolute atomic E-state index is 0.127. The topological polar surface area (TPSA) is 50.7 Å². The molecule has 1 aliphatic heterocycles. The molecule has 0 saturated carbocycles. The molecule has 1 aliphatic rings. The Morgan fingerprint density at radius 2 is 2.16 bits per heavy atom. The van der Waals surface area contributed by atoms with Crippen LogP contribution in [0.5, 0.6) is 5.75 Å². The van der Waals surface area contributed by atoms with E-state index in [4.69, 9.17) is 9.84 Å². The molecule has 7 heteroatoms. The van der Waals surface area contributed by atoms with Crippen LogP contribution in [-0.2, 0) is 4.74 Å². The number of benzene rings is 1. The quantitative estimate of drug-likeness (QED) is 0.887. The van der Waals surface area contributed by atoms with Crippen molar-refractivity contribution in [3.05, 3.63) is 23.8 Å². The fourth-order valence-corrected chi connectivity index (χ4v) is 2.07. The van der Waals surface area contributed by atoms with Crippen molar-refractivity contribution in [1.29, 1.82) is 0 Å². The smallest absolute Gasteiger partial charge is 0.404 e. The number of anilines is 1. The first-order valence-corrected chi connectivity index (χ1v) is 5.86. The van der Waals surface area contributed by atoms with Gasteiger partial charge in [0.25, 0.3) is 0 Å². The van der Waals surface area contributed by atoms with Crippen molar-refractivity contribution >= 4 is 5.69 Å². The Labute approximate surface area is 108 Å². The number of fused-ring (bicyclic) bond motifs is 1. The van der Waals surface area contributed by atoms with Crippen LogP contribution in [0.15, 0.2) is 18.2 Å². The van der Waals surface area contributed by atoms with E-state index in [0.717, 1.165) is 0 Å². The Hall–Kier alpha value is -1.47. The van der Waals surface area contributed by atoms with Gasteiger partial charge in [0.15, 0.2) is 5.75 Å². The number of ether oxygens (including phenoxy) is 2. The Balaban J connectivity index is 2.25. The maximum absolute atomic E-state index is 12.3. The lowest BCUT2D eigenvalue weighted by Gasteiger charge is -2.28. The highest BCUT2D eigenvalue weighted by Gasteiger charge is 2.33. The molecule has 1 unspecified atom stereocenters. The van der Waals surface area contributed by atoms with Crippen LogP contribution in [0.1, 0.15) is 18.1 Å². The third kappa shape index (κ3) is 3.51. The molecule has 2 N–H and O–H groups in total. The minimum atomic E-state index is -4.73. The molecule has 0 aromatic heterocycles. The number of nitrogens with one attached hydrogen (secondary N) is 1. The normalized spacial score (nSPS) is 18.6. The van der Waals surface area contributed by atoms with Gasteiger partial charge < -0.3 is 19.9 Å². The van der Waals surface area contributed by atoms with E-state index in [2.05, 4.69) is 10.1 Å². The lowest BCUT2D eigenvalue weighted by molar-refractivity contribution is -0.274. The molecule has 19 heavy (non-hydrogen) atoms. The van der Waals surface area contributed by atoms with E-state index in [1.54, 1.807) is 6.07 Å². The fourth-order valence-electron chi connectivity index (χ4n) is 2.07. The van der Waals surface area contributed by atoms with E-state index < -0.39 is 6.36 Å². The Bertz CT molecular complexity index is 437. The summed E-state index contributed by atoms with van der Waals surface area (Å²) in [5.74, 6) is -0.262. The number of alkyl halides is 3. The van der Waals surface area contributed by atoms with E-state index in [1.165, 1.54) is 12.1 Å². The third-order valence-corrected chi connectivity index (χ3v) is 2.75. The number of aliphatic hydroxyl groups is 1. The van der Waals surface area contributed by atoms with E-state index >= 15 is 0 Å². The molecule has 0 amide bonds. The molecule has 0 aliphatic carbocycles. The summed E-state index contributed by atoms with van der Waals surface area (Å²) in [6, 6.07) is 4.43. The molecule has 0 spiro atoms. The molecule has 0 saturated heterocycles. The average Bonchev–Trinajstić information content (AvgIpc) is 2.35. The van der Waals surface area contributed by atoms with Crippen LogP contribution in [0.4, 0.5) is 18.9 Å². The SMILES string of the molecule is OCCOC1CCNc2c(OC(F)(F)F)cccc21. The van der Waals surface area contributed by atoms with E-state index in [-0.39, 0.29) is 25.1 Å². The summed E-state index contributed by atoms with van der Waals surface area (Å²) in [6.07, 6.45) is -4.43. The Morgan fingerprint density at radius 3 is 2.84 bits per heavy atom. The standard InChI is InChI=1S/C12H14F3NO3/c13-12(14,15)19-10-3-1-2-8-9(18-7-6-17)4-5-16-11(8)10/h1-3,9,16-17H,4-7H2. The molecule has 0 fully saturated rings. The van der Waals surface area contributed by atoms with Gasteiger partial charge in [-0.25, -0.2) is 0 Å². The summed E-state index contributed by atoms with van der Waals surface area (Å²) in [5, 5.41) is 11.6. The molecule has 1 heterocycles. The van der Waals surface area contributed by atoms with E-state index in [9.17, 15) is 13.2 Å². The molecule has 4 nitrogen and oxygen atoms in total. The first-order chi connectivity index (χ1) is 9.01. The van der Waals surface area contributed by atoms with Crippen LogP contribution in [0.25, 0.3) is 0 Å². The number of rotatable bonds is 4. The zero-order valence-electron chi connectivity index (χ0n) is 10.0. The van der Waals surface area contributed by atoms with Gasteiger partial charge in [-0.2, -0.15) is 0 Å². The second kappa shape index (κ2) is 5.66. The zero-order valence-corrected chi connectivity index (χ0v) is 10.0. The number of halogens is 3. The maximum Gasteiger partial charge on any atom is 0.573 e. The van der Waals surface area contributed by atoms with Crippen LogP contribution in [0.2, 0.25) is 0 Å². The van der Waals surface area contributed by atoms with Crippen molar-refractivity contribution in [2.24, 2.45) is 0 Å². The number of aliphatic hydroxyl groups excluding tert-OH is 1. The first kappa shape index (κ1) is 14.0. The highest BCUT2D eigenvalue weighted by molar-refractivity contribution is 5.64. The van der Waals surface area contributed by atoms with Crippen LogP contribution in [-0.4, -0.2) is 31.2 Å². The molecule has 1 aromatic rings. The van der Waals surface area contributed by atoms with Crippen molar-refractivity contribution in [2.45, 2.75) is 18.9 Å².